The van der Waals surface area contributed by atoms with Gasteiger partial charge in [0.05, 0.1) is 36.8 Å². The molecule has 2 rings (SSSR count). The van der Waals surface area contributed by atoms with Crippen LogP contribution in [-0.4, -0.2) is 213 Å². The van der Waals surface area contributed by atoms with Crippen LogP contribution in [0.25, 0.3) is 0 Å². The van der Waals surface area contributed by atoms with Crippen molar-refractivity contribution in [1.29, 1.82) is 0 Å². The first-order valence-electron chi connectivity index (χ1n) is 30.8. The van der Waals surface area contributed by atoms with Crippen LogP contribution in [-0.2, 0) is 89.8 Å². The summed E-state index contributed by atoms with van der Waals surface area (Å²) in [7, 11) is 15.2. The van der Waals surface area contributed by atoms with E-state index in [9.17, 15) is 62.3 Å². The molecule has 2 aromatic rings. The summed E-state index contributed by atoms with van der Waals surface area (Å²) in [6.45, 7) is 25.6. The van der Waals surface area contributed by atoms with E-state index in [-0.39, 0.29) is 115 Å². The molecule has 10 N–H and O–H groups in total. The minimum Gasteiger partial charge on any atom is -0.481 e. The number of nitrogens with zero attached hydrogens (tertiary/aromatic N) is 4. The normalized spacial score (nSPS) is 12.5. The molecule has 28 heteroatoms. The van der Waals surface area contributed by atoms with Gasteiger partial charge < -0.3 is 81.3 Å². The summed E-state index contributed by atoms with van der Waals surface area (Å²) < 4.78 is 14.3. The fourth-order valence-electron chi connectivity index (χ4n) is 7.34. The first kappa shape index (κ1) is 97.9. The van der Waals surface area contributed by atoms with E-state index in [4.69, 9.17) is 36.3 Å². The third kappa shape index (κ3) is 50.0. The number of likely N-dealkylation sites (N-methyl/N-ethyl adjacent to an activating group) is 4. The van der Waals surface area contributed by atoms with E-state index in [1.165, 1.54) is 40.4 Å². The number of hydrogen-bond acceptors (Lipinski definition) is 20. The van der Waals surface area contributed by atoms with Gasteiger partial charge in [-0.3, -0.25) is 57.5 Å². The molecule has 0 aliphatic rings. The van der Waals surface area contributed by atoms with Gasteiger partial charge in [-0.1, -0.05) is 116 Å². The van der Waals surface area contributed by atoms with E-state index < -0.39 is 65.8 Å². The molecule has 0 aliphatic carbocycles. The SMILES string of the molecule is CC(=O)C[C@H](C(=O)N[C@@H](C)C(=O)N(C)C)C(C)C.CC(=O)OC(C)=O.CC(C)[C@H](CC(=O)OCc1ccccc1)C(=O)N[C@@H](C)C(=O)N(C)C.CC(C)[C@H](CC(=O)OCc1ccccc1)C(=O)O.CC(C)[C@H](N)C(=O)N[C@@H](C)C(=O)N(C)C.CO.CO.C[C@H](N)C(=O)N(C)C. The highest BCUT2D eigenvalue weighted by molar-refractivity contribution is 5.92. The highest BCUT2D eigenvalue weighted by Crippen LogP contribution is 2.19. The third-order valence-corrected chi connectivity index (χ3v) is 12.8. The van der Waals surface area contributed by atoms with Crippen molar-refractivity contribution in [3.8, 4) is 0 Å². The average Bonchev–Trinajstić information content (AvgIpc) is 1.40. The number of aliphatic hydroxyl groups is 2. The van der Waals surface area contributed by atoms with Crippen molar-refractivity contribution < 1.29 is 91.9 Å². The number of carboxylic acid groups (broad SMARTS) is 1. The van der Waals surface area contributed by atoms with E-state index in [2.05, 4.69) is 20.7 Å². The number of benzene rings is 2. The Balaban J connectivity index is -0.000000257. The maximum atomic E-state index is 12.4. The minimum atomic E-state index is -0.957. The third-order valence-electron chi connectivity index (χ3n) is 12.8. The lowest BCUT2D eigenvalue weighted by atomic mass is 9.90. The number of carboxylic acids is 1. The van der Waals surface area contributed by atoms with Crippen LogP contribution in [0.3, 0.4) is 0 Å². The summed E-state index contributed by atoms with van der Waals surface area (Å²) >= 11 is 0. The van der Waals surface area contributed by atoms with Crippen LogP contribution < -0.4 is 27.4 Å². The van der Waals surface area contributed by atoms with Gasteiger partial charge in [-0.05, 0) is 69.4 Å². The molecule has 7 amide bonds. The smallest absolute Gasteiger partial charge is 0.310 e. The number of esters is 4. The molecule has 0 aliphatic heterocycles. The highest BCUT2D eigenvalue weighted by Gasteiger charge is 2.30. The van der Waals surface area contributed by atoms with Gasteiger partial charge in [0.1, 0.15) is 37.1 Å². The number of carbonyl (C=O) groups excluding carboxylic acids is 12. The first-order valence-corrected chi connectivity index (χ1v) is 30.8. The second-order valence-electron chi connectivity index (χ2n) is 23.8. The lowest BCUT2D eigenvalue weighted by Gasteiger charge is -2.23. The number of rotatable bonds is 25. The van der Waals surface area contributed by atoms with Gasteiger partial charge >= 0.3 is 29.8 Å². The fraction of sp³-hybridized carbons (Fsp3) is 0.627. The molecule has 2 aromatic carbocycles. The summed E-state index contributed by atoms with van der Waals surface area (Å²) in [6.07, 6.45) is 0.116. The molecule has 0 unspecified atom stereocenters. The Labute approximate surface area is 564 Å². The van der Waals surface area contributed by atoms with Gasteiger partial charge in [0.25, 0.3) is 0 Å². The quantitative estimate of drug-likeness (QED) is 0.0400. The molecule has 0 fully saturated rings. The van der Waals surface area contributed by atoms with Crippen LogP contribution in [0, 0.1) is 41.4 Å². The van der Waals surface area contributed by atoms with Crippen molar-refractivity contribution in [3.05, 3.63) is 71.8 Å². The molecule has 544 valence electrons. The average molecular weight is 1350 g/mol. The largest absolute Gasteiger partial charge is 0.481 e. The van der Waals surface area contributed by atoms with E-state index in [1.807, 2.05) is 102 Å². The second-order valence-corrected chi connectivity index (χ2v) is 23.8. The standard InChI is InChI=1S/C19H28N2O4.C14H18O4.C13H24N2O3.C10H21N3O2.C5H12N2O.C4H6O3.2CH4O/c1-13(2)16(18(23)20-14(3)19(24)21(4)5)11-17(22)25-12-15-9-7-6-8-10-15;1-10(2)12(14(16)17)8-13(15)18-9-11-6-4-3-5-7-11;1-8(2)11(7-9(3)16)12(17)14-10(4)13(18)15(5)6;1-6(2)8(11)9(14)12-7(3)10(15)13(4)5;1-4(6)5(8)7(2)3;1-3(5)7-4(2)6;2*1-2/h6-10,13-14,16H,11-12H2,1-5H3,(H,20,23);3-7,10,12H,8-9H2,1-2H3,(H,16,17);8,10-11H,7H2,1-6H3,(H,14,17);6-8H,11H2,1-5H3,(H,12,14);4H,6H2,1-3H3;1-2H3;2*2H,1H3/t14-,16-;12-;10-,11-;7-,8-;4-;;;/m00000.../s1. The van der Waals surface area contributed by atoms with Crippen molar-refractivity contribution >= 4 is 77.0 Å². The Morgan fingerprint density at radius 3 is 0.895 bits per heavy atom. The van der Waals surface area contributed by atoms with E-state index in [0.717, 1.165) is 25.3 Å². The Hall–Kier alpha value is -8.21. The van der Waals surface area contributed by atoms with E-state index >= 15 is 0 Å². The summed E-state index contributed by atoms with van der Waals surface area (Å²) in [5.74, 6) is -5.97. The minimum absolute atomic E-state index is 0.0147. The number of nitrogens with two attached hydrogens (primary N) is 2. The lowest BCUT2D eigenvalue weighted by molar-refractivity contribution is -0.156. The molecule has 95 heavy (non-hydrogen) atoms. The number of aliphatic hydroxyl groups excluding tert-OH is 2. The zero-order valence-electron chi connectivity index (χ0n) is 61.1. The Bertz CT molecular complexity index is 2560. The first-order chi connectivity index (χ1) is 43.8. The molecular formula is C67H117N9O19. The molecule has 0 heterocycles. The molecular weight excluding hydrogens is 1230 g/mol. The topological polar surface area (TPSA) is 411 Å². The van der Waals surface area contributed by atoms with Gasteiger partial charge in [0, 0.05) is 96.8 Å². The van der Waals surface area contributed by atoms with E-state index in [0.29, 0.717) is 0 Å². The van der Waals surface area contributed by atoms with Crippen molar-refractivity contribution in [1.82, 2.24) is 35.6 Å². The van der Waals surface area contributed by atoms with Crippen LogP contribution in [0.2, 0.25) is 0 Å². The predicted octanol–water partition coefficient (Wildman–Crippen LogP) is 3.59. The number of ketones is 1. The van der Waals surface area contributed by atoms with Crippen molar-refractivity contribution in [3.63, 3.8) is 0 Å². The maximum absolute atomic E-state index is 12.4. The predicted molar refractivity (Wildman–Crippen MR) is 362 cm³/mol. The number of amides is 7. The van der Waals surface area contributed by atoms with Crippen LogP contribution in [0.5, 0.6) is 0 Å². The Kier molecular flexibility index (Phi) is 56.8. The maximum Gasteiger partial charge on any atom is 0.310 e. The molecule has 0 radical (unpaired) electrons. The van der Waals surface area contributed by atoms with Gasteiger partial charge in [-0.2, -0.15) is 0 Å². The van der Waals surface area contributed by atoms with Crippen molar-refractivity contribution in [2.45, 2.75) is 167 Å². The number of ether oxygens (including phenoxy) is 3. The number of hydrogen-bond donors (Lipinski definition) is 8. The van der Waals surface area contributed by atoms with Crippen molar-refractivity contribution in [2.75, 3.05) is 70.6 Å². The highest BCUT2D eigenvalue weighted by atomic mass is 16.6. The summed E-state index contributed by atoms with van der Waals surface area (Å²) in [5, 5.41) is 30.9. The monoisotopic (exact) mass is 1350 g/mol. The summed E-state index contributed by atoms with van der Waals surface area (Å²) in [5.41, 5.74) is 12.7. The van der Waals surface area contributed by atoms with Gasteiger partial charge in [-0.25, -0.2) is 0 Å². The number of aliphatic carboxylic acids is 1. The van der Waals surface area contributed by atoms with Crippen LogP contribution in [0.1, 0.15) is 134 Å². The summed E-state index contributed by atoms with van der Waals surface area (Å²) in [4.78, 5) is 153. The molecule has 0 spiro atoms. The van der Waals surface area contributed by atoms with E-state index in [1.54, 1.807) is 97.9 Å². The van der Waals surface area contributed by atoms with Crippen molar-refractivity contribution in [2.24, 2.45) is 52.9 Å². The van der Waals surface area contributed by atoms with Gasteiger partial charge in [0.15, 0.2) is 0 Å². The second kappa shape index (κ2) is 55.1. The zero-order valence-corrected chi connectivity index (χ0v) is 61.1. The molecule has 0 aromatic heterocycles. The zero-order chi connectivity index (χ0) is 75.7. The molecule has 0 saturated carbocycles. The molecule has 28 nitrogen and oxygen atoms in total. The van der Waals surface area contributed by atoms with Gasteiger partial charge in [0.2, 0.25) is 41.4 Å². The lowest BCUT2D eigenvalue weighted by Crippen LogP contribution is -2.51. The van der Waals surface area contributed by atoms with Crippen LogP contribution in [0.4, 0.5) is 0 Å². The van der Waals surface area contributed by atoms with Crippen LogP contribution >= 0.6 is 0 Å². The molecule has 8 atom stereocenters. The fourth-order valence-corrected chi connectivity index (χ4v) is 7.34. The number of nitrogens with one attached hydrogen (secondary N) is 3. The molecule has 0 saturated heterocycles. The number of carbonyl (C=O) groups is 13. The van der Waals surface area contributed by atoms with Crippen LogP contribution in [0.15, 0.2) is 60.7 Å². The Morgan fingerprint density at radius 2 is 0.684 bits per heavy atom. The molecule has 0 bridgehead atoms. The number of Topliss-reactive ketones (excluding diaryl/α,β-unsaturated/α-hetero) is 1. The summed E-state index contributed by atoms with van der Waals surface area (Å²) in [6, 6.07) is 16.0. The van der Waals surface area contributed by atoms with Gasteiger partial charge in [-0.15, -0.1) is 0 Å². The Morgan fingerprint density at radius 1 is 0.411 bits per heavy atom.